The number of rotatable bonds is 13. The second kappa shape index (κ2) is 18.7. The van der Waals surface area contributed by atoms with Gasteiger partial charge in [0.15, 0.2) is 5.65 Å². The van der Waals surface area contributed by atoms with Gasteiger partial charge in [-0.25, -0.2) is 14.6 Å². The van der Waals surface area contributed by atoms with Crippen molar-refractivity contribution >= 4 is 46.2 Å². The second-order valence-electron chi connectivity index (χ2n) is 17.6. The van der Waals surface area contributed by atoms with E-state index in [1.54, 1.807) is 12.1 Å². The van der Waals surface area contributed by atoms with E-state index in [0.29, 0.717) is 36.2 Å². The first-order valence-electron chi connectivity index (χ1n) is 23.0. The van der Waals surface area contributed by atoms with Gasteiger partial charge in [0.05, 0.1) is 35.8 Å². The smallest absolute Gasteiger partial charge is 0.262 e. The van der Waals surface area contributed by atoms with Crippen molar-refractivity contribution in [1.82, 2.24) is 44.7 Å². The molecule has 65 heavy (non-hydrogen) atoms. The van der Waals surface area contributed by atoms with Gasteiger partial charge < -0.3 is 20.1 Å². The number of carbonyl (C=O) groups excluding carboxylic acids is 4. The Hall–Kier alpha value is -6.27. The van der Waals surface area contributed by atoms with Gasteiger partial charge in [0.1, 0.15) is 35.4 Å². The van der Waals surface area contributed by atoms with Crippen molar-refractivity contribution < 1.29 is 28.7 Å². The van der Waals surface area contributed by atoms with Gasteiger partial charge >= 0.3 is 0 Å². The largest absolute Gasteiger partial charge is 0.457 e. The van der Waals surface area contributed by atoms with Crippen LogP contribution in [0, 0.1) is 0 Å². The van der Waals surface area contributed by atoms with Gasteiger partial charge in [0.2, 0.25) is 11.8 Å². The topological polar surface area (TPSA) is 185 Å². The van der Waals surface area contributed by atoms with E-state index in [2.05, 4.69) is 39.6 Å². The number of nitrogens with zero attached hydrogens (tertiary/aromatic N) is 9. The summed E-state index contributed by atoms with van der Waals surface area (Å²) in [5.74, 6) is 0.0183. The lowest BCUT2D eigenvalue weighted by molar-refractivity contribution is -0.136. The number of nitrogen functional groups attached to an aromatic ring is 1. The molecule has 338 valence electrons. The molecule has 3 saturated heterocycles. The number of amides is 4. The Morgan fingerprint density at radius 3 is 2.06 bits per heavy atom. The molecule has 10 rings (SSSR count). The molecule has 1 atom stereocenters. The van der Waals surface area contributed by atoms with Gasteiger partial charge in [-0.05, 0) is 86.7 Å². The van der Waals surface area contributed by atoms with Crippen LogP contribution in [0.4, 0.5) is 11.5 Å². The molecule has 1 unspecified atom stereocenters. The maximum Gasteiger partial charge on any atom is 0.262 e. The van der Waals surface area contributed by atoms with Crippen molar-refractivity contribution in [3.8, 4) is 22.8 Å². The highest BCUT2D eigenvalue weighted by Gasteiger charge is 2.45. The summed E-state index contributed by atoms with van der Waals surface area (Å²) in [5.41, 5.74) is 10.5. The molecule has 5 aliphatic rings. The van der Waals surface area contributed by atoms with Crippen LogP contribution in [0.5, 0.6) is 11.5 Å². The van der Waals surface area contributed by atoms with Gasteiger partial charge in [0, 0.05) is 89.2 Å². The number of carbonyl (C=O) groups is 4. The summed E-state index contributed by atoms with van der Waals surface area (Å²) in [6.45, 7) is 10.7. The van der Waals surface area contributed by atoms with Crippen molar-refractivity contribution in [3.05, 3.63) is 90.3 Å². The SMILES string of the molecule is Nc1ncnc2c1c(-c1ccc(Oc3ccccc3)cc1)nn2C1CCC(N2CCN(CCOCCN3CCN(c4ccc5c(c4)C(=O)N(C4CCC(=O)NC4=O)C5=O)CC3)CC2)CC1. The van der Waals surface area contributed by atoms with Gasteiger partial charge in [-0.3, -0.25) is 44.1 Å². The fourth-order valence-corrected chi connectivity index (χ4v) is 10.2. The molecule has 4 amide bonds. The Morgan fingerprint density at radius 2 is 1.35 bits per heavy atom. The molecule has 5 aromatic rings. The average Bonchev–Trinajstić information content (AvgIpc) is 3.85. The van der Waals surface area contributed by atoms with Crippen molar-refractivity contribution in [2.75, 3.05) is 89.3 Å². The molecule has 4 fully saturated rings. The van der Waals surface area contributed by atoms with Crippen molar-refractivity contribution in [2.45, 2.75) is 56.7 Å². The molecule has 0 radical (unpaired) electrons. The van der Waals surface area contributed by atoms with Crippen molar-refractivity contribution in [3.63, 3.8) is 0 Å². The van der Waals surface area contributed by atoms with Crippen LogP contribution in [0.3, 0.4) is 0 Å². The summed E-state index contributed by atoms with van der Waals surface area (Å²) in [6.07, 6.45) is 6.06. The molecular formula is C48H55N11O6. The predicted octanol–water partition coefficient (Wildman–Crippen LogP) is 4.21. The number of piperidine rings is 1. The van der Waals surface area contributed by atoms with Crippen LogP contribution >= 0.6 is 0 Å². The number of benzene rings is 3. The molecule has 6 heterocycles. The minimum atomic E-state index is -0.968. The number of hydrogen-bond donors (Lipinski definition) is 2. The third-order valence-corrected chi connectivity index (χ3v) is 13.8. The zero-order chi connectivity index (χ0) is 44.4. The fourth-order valence-electron chi connectivity index (χ4n) is 10.2. The lowest BCUT2D eigenvalue weighted by Gasteiger charge is -2.42. The number of para-hydroxylation sites is 1. The summed E-state index contributed by atoms with van der Waals surface area (Å²) in [7, 11) is 0. The normalized spacial score (nSPS) is 22.4. The zero-order valence-corrected chi connectivity index (χ0v) is 36.5. The van der Waals surface area contributed by atoms with Crippen LogP contribution in [0.1, 0.15) is 65.3 Å². The fraction of sp³-hybridized carbons (Fsp3) is 0.438. The van der Waals surface area contributed by atoms with Crippen LogP contribution in [0.15, 0.2) is 79.1 Å². The quantitative estimate of drug-likeness (QED) is 0.127. The van der Waals surface area contributed by atoms with Gasteiger partial charge in [0.25, 0.3) is 11.8 Å². The number of ether oxygens (including phenoxy) is 2. The van der Waals surface area contributed by atoms with E-state index in [9.17, 15) is 19.2 Å². The maximum absolute atomic E-state index is 13.3. The summed E-state index contributed by atoms with van der Waals surface area (Å²) in [5, 5.41) is 8.18. The van der Waals surface area contributed by atoms with Crippen LogP contribution in [0.25, 0.3) is 22.3 Å². The third kappa shape index (κ3) is 8.93. The van der Waals surface area contributed by atoms with Crippen molar-refractivity contribution in [2.24, 2.45) is 0 Å². The number of aromatic nitrogens is 4. The third-order valence-electron chi connectivity index (χ3n) is 13.8. The summed E-state index contributed by atoms with van der Waals surface area (Å²) in [6, 6.07) is 22.8. The average molecular weight is 882 g/mol. The molecule has 3 aromatic carbocycles. The number of anilines is 2. The monoisotopic (exact) mass is 881 g/mol. The van der Waals surface area contributed by atoms with E-state index in [1.165, 1.54) is 6.33 Å². The molecule has 3 N–H and O–H groups in total. The molecule has 17 nitrogen and oxygen atoms in total. The Kier molecular flexibility index (Phi) is 12.3. The van der Waals surface area contributed by atoms with Crippen molar-refractivity contribution in [1.29, 1.82) is 0 Å². The summed E-state index contributed by atoms with van der Waals surface area (Å²) >= 11 is 0. The molecule has 1 aliphatic carbocycles. The highest BCUT2D eigenvalue weighted by molar-refractivity contribution is 6.23. The lowest BCUT2D eigenvalue weighted by atomic mass is 9.90. The predicted molar refractivity (Wildman–Crippen MR) is 244 cm³/mol. The number of fused-ring (bicyclic) bond motifs is 2. The molecule has 17 heteroatoms. The Bertz CT molecular complexity index is 2550. The first-order valence-corrected chi connectivity index (χ1v) is 23.0. The zero-order valence-electron chi connectivity index (χ0n) is 36.5. The Labute approximate surface area is 377 Å². The van der Waals surface area contributed by atoms with E-state index < -0.39 is 23.8 Å². The standard InChI is InChI=1S/C48H55N11O6/c49-44-42-43(32-6-13-37(14-7-32)65-36-4-2-1-3-5-36)53-59(45(42)51-31-50-44)34-10-8-33(9-11-34)56-22-18-54(19-23-56)26-28-64-29-27-55-20-24-57(25-21-55)35-12-15-38-39(30-35)48(63)58(47(38)62)40-16-17-41(60)52-46(40)61/h1-7,12-15,30-31,33-34,40H,8-11,16-29H2,(H2,49,50,51)(H,52,60,61). The van der Waals surface area contributed by atoms with E-state index in [-0.39, 0.29) is 24.8 Å². The number of hydrogen-bond acceptors (Lipinski definition) is 14. The van der Waals surface area contributed by atoms with E-state index in [0.717, 1.165) is 136 Å². The second-order valence-corrected chi connectivity index (χ2v) is 17.6. The van der Waals surface area contributed by atoms with Gasteiger partial charge in [-0.1, -0.05) is 18.2 Å². The molecule has 1 saturated carbocycles. The Balaban J connectivity index is 0.636. The number of nitrogens with two attached hydrogens (primary N) is 1. The molecule has 0 bridgehead atoms. The van der Waals surface area contributed by atoms with Crippen LogP contribution in [0.2, 0.25) is 0 Å². The molecule has 4 aliphatic heterocycles. The maximum atomic E-state index is 13.3. The van der Waals surface area contributed by atoms with E-state index in [4.69, 9.17) is 20.3 Å². The first kappa shape index (κ1) is 42.7. The summed E-state index contributed by atoms with van der Waals surface area (Å²) in [4.78, 5) is 70.3. The number of piperazine rings is 2. The molecule has 2 aromatic heterocycles. The van der Waals surface area contributed by atoms with E-state index >= 15 is 0 Å². The highest BCUT2D eigenvalue weighted by atomic mass is 16.5. The minimum Gasteiger partial charge on any atom is -0.457 e. The molecular weight excluding hydrogens is 827 g/mol. The van der Waals surface area contributed by atoms with Crippen LogP contribution < -0.4 is 20.7 Å². The van der Waals surface area contributed by atoms with E-state index in [1.807, 2.05) is 60.7 Å². The first-order chi connectivity index (χ1) is 31.8. The summed E-state index contributed by atoms with van der Waals surface area (Å²) < 4.78 is 14.2. The van der Waals surface area contributed by atoms with Crippen LogP contribution in [-0.4, -0.2) is 154 Å². The van der Waals surface area contributed by atoms with Gasteiger partial charge in [-0.2, -0.15) is 5.10 Å². The lowest BCUT2D eigenvalue weighted by Crippen LogP contribution is -2.54. The Morgan fingerprint density at radius 1 is 0.692 bits per heavy atom. The van der Waals surface area contributed by atoms with Gasteiger partial charge in [-0.15, -0.1) is 0 Å². The number of nitrogens with one attached hydrogen (secondary N) is 1. The minimum absolute atomic E-state index is 0.0963. The van der Waals surface area contributed by atoms with Crippen LogP contribution in [-0.2, 0) is 14.3 Å². The highest BCUT2D eigenvalue weighted by Crippen LogP contribution is 2.38. The molecule has 0 spiro atoms. The number of imide groups is 2.